The van der Waals surface area contributed by atoms with Crippen LogP contribution in [0.2, 0.25) is 0 Å². The third kappa shape index (κ3) is 6.37. The summed E-state index contributed by atoms with van der Waals surface area (Å²) in [7, 11) is 0. The highest BCUT2D eigenvalue weighted by molar-refractivity contribution is 5.68. The predicted octanol–water partition coefficient (Wildman–Crippen LogP) is 5.29. The van der Waals surface area contributed by atoms with Crippen molar-refractivity contribution in [2.24, 2.45) is 5.92 Å². The van der Waals surface area contributed by atoms with Gasteiger partial charge >= 0.3 is 6.09 Å². The highest BCUT2D eigenvalue weighted by Crippen LogP contribution is 2.40. The minimum absolute atomic E-state index is 0.243. The van der Waals surface area contributed by atoms with Gasteiger partial charge in [-0.3, -0.25) is 0 Å². The first-order chi connectivity index (χ1) is 13.3. The molecular formula is C24H36N2O2. The fraction of sp³-hybridized carbons (Fsp3) is 0.625. The lowest BCUT2D eigenvalue weighted by molar-refractivity contribution is 0.0489. The second kappa shape index (κ2) is 9.13. The largest absolute Gasteiger partial charge is 0.444 e. The van der Waals surface area contributed by atoms with Crippen molar-refractivity contribution >= 4 is 12.2 Å². The number of benzene rings is 1. The zero-order chi connectivity index (χ0) is 20.1. The summed E-state index contributed by atoms with van der Waals surface area (Å²) < 4.78 is 5.37. The van der Waals surface area contributed by atoms with Gasteiger partial charge in [-0.25, -0.2) is 4.79 Å². The summed E-state index contributed by atoms with van der Waals surface area (Å²) >= 11 is 0. The van der Waals surface area contributed by atoms with Crippen LogP contribution < -0.4 is 10.6 Å². The molecule has 4 nitrogen and oxygen atoms in total. The van der Waals surface area contributed by atoms with Gasteiger partial charge in [0.1, 0.15) is 5.60 Å². The summed E-state index contributed by atoms with van der Waals surface area (Å²) in [5.41, 5.74) is 2.43. The average molecular weight is 385 g/mol. The monoisotopic (exact) mass is 384 g/mol. The van der Waals surface area contributed by atoms with Crippen LogP contribution >= 0.6 is 0 Å². The Hall–Kier alpha value is -1.81. The number of carbonyl (C=O) groups is 1. The van der Waals surface area contributed by atoms with Gasteiger partial charge in [-0.15, -0.1) is 0 Å². The first-order valence-corrected chi connectivity index (χ1v) is 10.8. The molecule has 0 aliphatic heterocycles. The minimum atomic E-state index is -0.436. The van der Waals surface area contributed by atoms with Crippen molar-refractivity contribution in [3.8, 4) is 0 Å². The van der Waals surface area contributed by atoms with Crippen LogP contribution in [0.15, 0.2) is 35.9 Å². The lowest BCUT2D eigenvalue weighted by Crippen LogP contribution is -2.44. The van der Waals surface area contributed by atoms with Crippen LogP contribution in [-0.2, 0) is 4.74 Å². The van der Waals surface area contributed by atoms with E-state index >= 15 is 0 Å². The number of hydrogen-bond donors (Lipinski definition) is 2. The van der Waals surface area contributed by atoms with Crippen LogP contribution in [0.25, 0.3) is 6.08 Å². The molecule has 0 bridgehead atoms. The zero-order valence-corrected chi connectivity index (χ0v) is 17.8. The van der Waals surface area contributed by atoms with E-state index in [2.05, 4.69) is 54.0 Å². The van der Waals surface area contributed by atoms with Crippen molar-refractivity contribution in [1.82, 2.24) is 10.6 Å². The van der Waals surface area contributed by atoms with Gasteiger partial charge in [0.15, 0.2) is 0 Å². The maximum absolute atomic E-state index is 11.9. The van der Waals surface area contributed by atoms with Crippen LogP contribution in [0.4, 0.5) is 4.79 Å². The Kier molecular flexibility index (Phi) is 6.82. The predicted molar refractivity (Wildman–Crippen MR) is 115 cm³/mol. The highest BCUT2D eigenvalue weighted by Gasteiger charge is 2.40. The van der Waals surface area contributed by atoms with E-state index in [-0.39, 0.29) is 12.1 Å². The molecule has 0 saturated heterocycles. The number of amides is 1. The molecule has 2 aliphatic carbocycles. The van der Waals surface area contributed by atoms with Gasteiger partial charge in [-0.2, -0.15) is 0 Å². The van der Waals surface area contributed by atoms with E-state index < -0.39 is 5.60 Å². The molecule has 0 heterocycles. The first kappa shape index (κ1) is 20.9. The van der Waals surface area contributed by atoms with Gasteiger partial charge in [0.25, 0.3) is 0 Å². The summed E-state index contributed by atoms with van der Waals surface area (Å²) in [4.78, 5) is 11.9. The number of carbonyl (C=O) groups excluding carboxylic acids is 1. The van der Waals surface area contributed by atoms with Crippen molar-refractivity contribution in [2.75, 3.05) is 0 Å². The molecule has 2 aliphatic rings. The van der Waals surface area contributed by atoms with Gasteiger partial charge in [-0.05, 0) is 70.8 Å². The fourth-order valence-electron chi connectivity index (χ4n) is 4.21. The number of hydrogen-bond acceptors (Lipinski definition) is 3. The van der Waals surface area contributed by atoms with Gasteiger partial charge in [-0.1, -0.05) is 48.9 Å². The van der Waals surface area contributed by atoms with Crippen molar-refractivity contribution in [1.29, 1.82) is 0 Å². The standard InChI is InChI=1S/C24H36N2O2/c1-5-18(15-17-9-7-6-8-10-17)21-16-22(21)25-19-11-13-20(14-12-19)26-23(27)28-24(2,3)4/h6-10,15,19-22,25H,5,11-14,16H2,1-4H3,(H,26,27)/b18-15+/t19?,20?,21-,22?/m0/s1. The molecule has 0 aromatic heterocycles. The van der Waals surface area contributed by atoms with Gasteiger partial charge in [0.05, 0.1) is 0 Å². The van der Waals surface area contributed by atoms with Gasteiger partial charge in [0.2, 0.25) is 0 Å². The normalized spacial score (nSPS) is 27.9. The van der Waals surface area contributed by atoms with Crippen LogP contribution in [0.5, 0.6) is 0 Å². The zero-order valence-electron chi connectivity index (χ0n) is 17.8. The maximum Gasteiger partial charge on any atom is 0.407 e. The van der Waals surface area contributed by atoms with E-state index in [1.165, 1.54) is 12.0 Å². The Morgan fingerprint density at radius 3 is 2.36 bits per heavy atom. The Bertz CT molecular complexity index is 670. The molecule has 1 aromatic carbocycles. The maximum atomic E-state index is 11.9. The molecule has 2 saturated carbocycles. The Balaban J connectivity index is 1.41. The fourth-order valence-corrected chi connectivity index (χ4v) is 4.21. The quantitative estimate of drug-likeness (QED) is 0.700. The molecular weight excluding hydrogens is 348 g/mol. The topological polar surface area (TPSA) is 50.4 Å². The average Bonchev–Trinajstić information content (AvgIpc) is 3.39. The minimum Gasteiger partial charge on any atom is -0.444 e. The van der Waals surface area contributed by atoms with E-state index in [1.54, 1.807) is 5.57 Å². The van der Waals surface area contributed by atoms with Crippen LogP contribution in [0, 0.1) is 5.92 Å². The van der Waals surface area contributed by atoms with E-state index in [1.807, 2.05) is 20.8 Å². The third-order valence-electron chi connectivity index (χ3n) is 5.72. The molecule has 1 amide bonds. The summed E-state index contributed by atoms with van der Waals surface area (Å²) in [6, 6.07) is 12.1. The number of rotatable bonds is 6. The summed E-state index contributed by atoms with van der Waals surface area (Å²) in [5, 5.41) is 6.90. The third-order valence-corrected chi connectivity index (χ3v) is 5.72. The van der Waals surface area contributed by atoms with Crippen molar-refractivity contribution in [3.05, 3.63) is 41.5 Å². The summed E-state index contributed by atoms with van der Waals surface area (Å²) in [5.74, 6) is 0.683. The number of alkyl carbamates (subject to hydrolysis) is 1. The molecule has 2 atom stereocenters. The summed E-state index contributed by atoms with van der Waals surface area (Å²) in [6.45, 7) is 7.96. The first-order valence-electron chi connectivity index (χ1n) is 10.8. The molecule has 154 valence electrons. The Morgan fingerprint density at radius 2 is 1.75 bits per heavy atom. The van der Waals surface area contributed by atoms with Gasteiger partial charge < -0.3 is 15.4 Å². The van der Waals surface area contributed by atoms with Crippen LogP contribution in [-0.4, -0.2) is 29.8 Å². The second-order valence-electron chi connectivity index (χ2n) is 9.29. The van der Waals surface area contributed by atoms with Crippen molar-refractivity contribution < 1.29 is 9.53 Å². The molecule has 2 N–H and O–H groups in total. The molecule has 1 unspecified atom stereocenters. The molecule has 28 heavy (non-hydrogen) atoms. The lowest BCUT2D eigenvalue weighted by Gasteiger charge is -2.30. The van der Waals surface area contributed by atoms with E-state index in [0.717, 1.165) is 32.1 Å². The Labute approximate surface area is 170 Å². The van der Waals surface area contributed by atoms with Crippen molar-refractivity contribution in [2.45, 2.75) is 89.9 Å². The number of nitrogens with one attached hydrogen (secondary N) is 2. The van der Waals surface area contributed by atoms with E-state index in [4.69, 9.17) is 4.74 Å². The highest BCUT2D eigenvalue weighted by atomic mass is 16.6. The Morgan fingerprint density at radius 1 is 1.11 bits per heavy atom. The summed E-state index contributed by atoms with van der Waals surface area (Å²) in [6.07, 6.45) is 8.73. The lowest BCUT2D eigenvalue weighted by atomic mass is 9.91. The molecule has 4 heteroatoms. The SMILES string of the molecule is CC/C(=C\c1ccccc1)[C@@H]1CC1NC1CCC(NC(=O)OC(C)(C)C)CC1. The van der Waals surface area contributed by atoms with Crippen LogP contribution in [0.1, 0.15) is 71.8 Å². The molecule has 3 rings (SSSR count). The smallest absolute Gasteiger partial charge is 0.407 e. The van der Waals surface area contributed by atoms with Gasteiger partial charge in [0, 0.05) is 18.1 Å². The number of ether oxygens (including phenoxy) is 1. The molecule has 0 spiro atoms. The molecule has 2 fully saturated rings. The molecule has 1 aromatic rings. The van der Waals surface area contributed by atoms with Crippen LogP contribution in [0.3, 0.4) is 0 Å². The van der Waals surface area contributed by atoms with Crippen molar-refractivity contribution in [3.63, 3.8) is 0 Å². The van der Waals surface area contributed by atoms with E-state index in [0.29, 0.717) is 18.0 Å². The second-order valence-corrected chi connectivity index (χ2v) is 9.29. The van der Waals surface area contributed by atoms with E-state index in [9.17, 15) is 4.79 Å². The molecule has 0 radical (unpaired) electrons.